The van der Waals surface area contributed by atoms with Crippen LogP contribution in [0.4, 0.5) is 5.69 Å². The second kappa shape index (κ2) is 5.96. The molecule has 0 spiro atoms. The maximum atomic E-state index is 12.9. The van der Waals surface area contributed by atoms with Gasteiger partial charge in [-0.15, -0.1) is 0 Å². The number of nitrogens with zero attached hydrogens (tertiary/aromatic N) is 1. The van der Waals surface area contributed by atoms with Gasteiger partial charge in [-0.1, -0.05) is 6.07 Å². The summed E-state index contributed by atoms with van der Waals surface area (Å²) in [6.45, 7) is 6.64. The largest absolute Gasteiger partial charge is 0.465 e. The Balaban J connectivity index is 1.95. The Morgan fingerprint density at radius 2 is 2.04 bits per heavy atom. The number of piperidine rings is 1. The number of carbonyl (C=O) groups excluding carboxylic acids is 2. The monoisotopic (exact) mass is 316 g/mol. The molecule has 1 aromatic carbocycles. The van der Waals surface area contributed by atoms with E-state index in [4.69, 9.17) is 4.74 Å². The lowest BCUT2D eigenvalue weighted by atomic mass is 9.86. The molecule has 2 aliphatic rings. The van der Waals surface area contributed by atoms with E-state index in [1.54, 1.807) is 12.1 Å². The van der Waals surface area contributed by atoms with E-state index in [1.807, 2.05) is 24.8 Å². The second-order valence-electron chi connectivity index (χ2n) is 6.96. The number of hydrogen-bond acceptors (Lipinski definition) is 4. The quantitative estimate of drug-likeness (QED) is 0.868. The summed E-state index contributed by atoms with van der Waals surface area (Å²) in [7, 11) is 1.37. The van der Waals surface area contributed by atoms with Gasteiger partial charge in [0.05, 0.1) is 18.1 Å². The average molecular weight is 316 g/mol. The first-order valence-electron chi connectivity index (χ1n) is 8.20. The van der Waals surface area contributed by atoms with Gasteiger partial charge in [-0.25, -0.2) is 4.79 Å². The third-order valence-corrected chi connectivity index (χ3v) is 5.06. The summed E-state index contributed by atoms with van der Waals surface area (Å²) in [5, 5.41) is 3.35. The number of rotatable bonds is 3. The molecule has 2 aliphatic heterocycles. The third kappa shape index (κ3) is 2.74. The van der Waals surface area contributed by atoms with Gasteiger partial charge in [-0.05, 0) is 63.4 Å². The third-order valence-electron chi connectivity index (χ3n) is 5.06. The standard InChI is InChI=1S/C18H24N2O3/c1-18(2)14-5-4-13(16(21)23-3)10-15(14)20(17(18)22)11-12-6-8-19-9-7-12/h4-5,10,12,19H,6-9,11H2,1-3H3. The Morgan fingerprint density at radius 1 is 1.35 bits per heavy atom. The number of ether oxygens (including phenoxy) is 1. The zero-order valence-corrected chi connectivity index (χ0v) is 14.0. The molecule has 0 unspecified atom stereocenters. The predicted octanol–water partition coefficient (Wildman–Crippen LogP) is 2.10. The fraction of sp³-hybridized carbons (Fsp3) is 0.556. The highest BCUT2D eigenvalue weighted by Crippen LogP contribution is 2.42. The van der Waals surface area contributed by atoms with Gasteiger partial charge in [-0.2, -0.15) is 0 Å². The summed E-state index contributed by atoms with van der Waals surface area (Å²) < 4.78 is 4.81. The van der Waals surface area contributed by atoms with Crippen LogP contribution in [-0.2, 0) is 14.9 Å². The van der Waals surface area contributed by atoms with Crippen LogP contribution in [0.25, 0.3) is 0 Å². The van der Waals surface area contributed by atoms with Gasteiger partial charge < -0.3 is 15.0 Å². The summed E-state index contributed by atoms with van der Waals surface area (Å²) in [5.41, 5.74) is 1.80. The van der Waals surface area contributed by atoms with Gasteiger partial charge in [-0.3, -0.25) is 4.79 Å². The summed E-state index contributed by atoms with van der Waals surface area (Å²) in [6, 6.07) is 5.44. The molecular formula is C18H24N2O3. The molecule has 1 aromatic rings. The molecule has 5 heteroatoms. The average Bonchev–Trinajstić information content (AvgIpc) is 2.76. The van der Waals surface area contributed by atoms with Crippen molar-refractivity contribution in [2.45, 2.75) is 32.1 Å². The lowest BCUT2D eigenvalue weighted by Gasteiger charge is -2.28. The van der Waals surface area contributed by atoms with E-state index in [0.717, 1.165) is 43.7 Å². The van der Waals surface area contributed by atoms with E-state index in [9.17, 15) is 9.59 Å². The molecule has 0 atom stereocenters. The molecule has 0 aromatic heterocycles. The summed E-state index contributed by atoms with van der Waals surface area (Å²) >= 11 is 0. The molecule has 0 radical (unpaired) electrons. The topological polar surface area (TPSA) is 58.6 Å². The van der Waals surface area contributed by atoms with Crippen molar-refractivity contribution in [1.82, 2.24) is 5.32 Å². The van der Waals surface area contributed by atoms with Gasteiger partial charge in [0.2, 0.25) is 5.91 Å². The van der Waals surface area contributed by atoms with Crippen LogP contribution in [-0.4, -0.2) is 38.6 Å². The molecule has 1 saturated heterocycles. The van der Waals surface area contributed by atoms with E-state index in [0.29, 0.717) is 11.5 Å². The molecule has 3 rings (SSSR count). The van der Waals surface area contributed by atoms with Crippen molar-refractivity contribution in [1.29, 1.82) is 0 Å². The van der Waals surface area contributed by atoms with Crippen molar-refractivity contribution < 1.29 is 14.3 Å². The molecule has 0 aliphatic carbocycles. The first-order chi connectivity index (χ1) is 10.9. The van der Waals surface area contributed by atoms with E-state index in [1.165, 1.54) is 7.11 Å². The molecule has 23 heavy (non-hydrogen) atoms. The molecule has 2 heterocycles. The number of amides is 1. The molecule has 1 fully saturated rings. The molecule has 5 nitrogen and oxygen atoms in total. The number of benzene rings is 1. The van der Waals surface area contributed by atoms with Crippen LogP contribution in [0, 0.1) is 5.92 Å². The van der Waals surface area contributed by atoms with E-state index < -0.39 is 5.41 Å². The lowest BCUT2D eigenvalue weighted by molar-refractivity contribution is -0.122. The highest BCUT2D eigenvalue weighted by molar-refractivity contribution is 6.08. The number of hydrogen-bond donors (Lipinski definition) is 1. The van der Waals surface area contributed by atoms with Gasteiger partial charge in [0.15, 0.2) is 0 Å². The SMILES string of the molecule is COC(=O)c1ccc2c(c1)N(CC1CCNCC1)C(=O)C2(C)C. The van der Waals surface area contributed by atoms with E-state index >= 15 is 0 Å². The maximum absolute atomic E-state index is 12.9. The van der Waals surface area contributed by atoms with Crippen LogP contribution in [0.3, 0.4) is 0 Å². The van der Waals surface area contributed by atoms with Crippen LogP contribution >= 0.6 is 0 Å². The van der Waals surface area contributed by atoms with Crippen LogP contribution in [0.2, 0.25) is 0 Å². The lowest BCUT2D eigenvalue weighted by Crippen LogP contribution is -2.41. The minimum atomic E-state index is -0.545. The number of nitrogens with one attached hydrogen (secondary N) is 1. The summed E-state index contributed by atoms with van der Waals surface area (Å²) in [5.74, 6) is 0.253. The number of anilines is 1. The van der Waals surface area contributed by atoms with Gasteiger partial charge in [0, 0.05) is 12.2 Å². The van der Waals surface area contributed by atoms with E-state index in [2.05, 4.69) is 5.32 Å². The van der Waals surface area contributed by atoms with Crippen LogP contribution < -0.4 is 10.2 Å². The molecular weight excluding hydrogens is 292 g/mol. The predicted molar refractivity (Wildman–Crippen MR) is 88.8 cm³/mol. The van der Waals surface area contributed by atoms with Crippen molar-refractivity contribution in [3.05, 3.63) is 29.3 Å². The molecule has 0 bridgehead atoms. The first-order valence-corrected chi connectivity index (χ1v) is 8.20. The summed E-state index contributed by atoms with van der Waals surface area (Å²) in [4.78, 5) is 26.6. The Hall–Kier alpha value is -1.88. The van der Waals surface area contributed by atoms with Crippen molar-refractivity contribution in [2.75, 3.05) is 31.6 Å². The zero-order chi connectivity index (χ0) is 16.6. The number of carbonyl (C=O) groups is 2. The van der Waals surface area contributed by atoms with Crippen LogP contribution in [0.15, 0.2) is 18.2 Å². The van der Waals surface area contributed by atoms with Crippen molar-refractivity contribution in [3.63, 3.8) is 0 Å². The smallest absolute Gasteiger partial charge is 0.337 e. The van der Waals surface area contributed by atoms with Crippen LogP contribution in [0.1, 0.15) is 42.6 Å². The van der Waals surface area contributed by atoms with Crippen molar-refractivity contribution in [3.8, 4) is 0 Å². The fourth-order valence-electron chi connectivity index (χ4n) is 3.59. The minimum absolute atomic E-state index is 0.119. The maximum Gasteiger partial charge on any atom is 0.337 e. The zero-order valence-electron chi connectivity index (χ0n) is 14.0. The van der Waals surface area contributed by atoms with Crippen molar-refractivity contribution in [2.24, 2.45) is 5.92 Å². The Kier molecular flexibility index (Phi) is 4.15. The van der Waals surface area contributed by atoms with Gasteiger partial charge >= 0.3 is 5.97 Å². The Morgan fingerprint density at radius 3 is 2.70 bits per heavy atom. The van der Waals surface area contributed by atoms with Gasteiger partial charge in [0.1, 0.15) is 0 Å². The fourth-order valence-corrected chi connectivity index (χ4v) is 3.59. The summed E-state index contributed by atoms with van der Waals surface area (Å²) in [6.07, 6.45) is 2.16. The van der Waals surface area contributed by atoms with Gasteiger partial charge in [0.25, 0.3) is 0 Å². The van der Waals surface area contributed by atoms with E-state index in [-0.39, 0.29) is 11.9 Å². The van der Waals surface area contributed by atoms with Crippen LogP contribution in [0.5, 0.6) is 0 Å². The number of methoxy groups -OCH3 is 1. The number of esters is 1. The highest BCUT2D eigenvalue weighted by Gasteiger charge is 2.44. The molecule has 124 valence electrons. The number of fused-ring (bicyclic) bond motifs is 1. The Labute approximate surface area is 137 Å². The van der Waals surface area contributed by atoms with Crippen molar-refractivity contribution >= 4 is 17.6 Å². The minimum Gasteiger partial charge on any atom is -0.465 e. The second-order valence-corrected chi connectivity index (χ2v) is 6.96. The normalized spacial score (nSPS) is 20.5. The molecule has 1 N–H and O–H groups in total. The Bertz CT molecular complexity index is 633. The molecule has 0 saturated carbocycles. The first kappa shape index (κ1) is 16.0. The molecule has 1 amide bonds. The highest BCUT2D eigenvalue weighted by atomic mass is 16.5.